The summed E-state index contributed by atoms with van der Waals surface area (Å²) in [6.45, 7) is 5.57. The molecule has 3 rings (SSSR count). The summed E-state index contributed by atoms with van der Waals surface area (Å²) >= 11 is 0. The third-order valence-corrected chi connectivity index (χ3v) is 4.55. The van der Waals surface area contributed by atoms with Crippen LogP contribution in [0, 0.1) is 5.82 Å². The van der Waals surface area contributed by atoms with E-state index in [4.69, 9.17) is 0 Å². The fourth-order valence-corrected chi connectivity index (χ4v) is 3.05. The molecule has 2 aromatic rings. The second-order valence-corrected chi connectivity index (χ2v) is 6.40. The van der Waals surface area contributed by atoms with Crippen molar-refractivity contribution in [2.24, 2.45) is 0 Å². The number of halogens is 1. The van der Waals surface area contributed by atoms with E-state index < -0.39 is 0 Å². The smallest absolute Gasteiger partial charge is 0.270 e. The molecule has 5 nitrogen and oxygen atoms in total. The molecule has 1 fully saturated rings. The largest absolute Gasteiger partial charge is 0.369 e. The lowest BCUT2D eigenvalue weighted by molar-refractivity contribution is 0.0935. The summed E-state index contributed by atoms with van der Waals surface area (Å²) in [6, 6.07) is 9.67. The number of carbonyl (C=O) groups excluding carboxylic acids is 1. The van der Waals surface area contributed by atoms with Crippen LogP contribution in [0.15, 0.2) is 42.6 Å². The highest BCUT2D eigenvalue weighted by molar-refractivity contribution is 5.92. The maximum absolute atomic E-state index is 13.8. The molecule has 25 heavy (non-hydrogen) atoms. The molecule has 0 aliphatic carbocycles. The minimum absolute atomic E-state index is 0.262. The van der Waals surface area contributed by atoms with E-state index in [0.717, 1.165) is 37.4 Å². The number of pyridine rings is 1. The van der Waals surface area contributed by atoms with Crippen molar-refractivity contribution in [3.63, 3.8) is 0 Å². The maximum Gasteiger partial charge on any atom is 0.270 e. The molecule has 6 heteroatoms. The third-order valence-electron chi connectivity index (χ3n) is 4.55. The number of piperazine rings is 1. The van der Waals surface area contributed by atoms with E-state index in [-0.39, 0.29) is 17.8 Å². The fraction of sp³-hybridized carbons (Fsp3) is 0.368. The molecule has 1 aliphatic heterocycles. The summed E-state index contributed by atoms with van der Waals surface area (Å²) in [5, 5.41) is 2.92. The zero-order valence-corrected chi connectivity index (χ0v) is 14.6. The Balaban J connectivity index is 1.80. The Kier molecular flexibility index (Phi) is 5.28. The molecule has 1 saturated heterocycles. The summed E-state index contributed by atoms with van der Waals surface area (Å²) in [6.07, 6.45) is 1.58. The molecule has 0 radical (unpaired) electrons. The first-order valence-electron chi connectivity index (χ1n) is 8.49. The van der Waals surface area contributed by atoms with Gasteiger partial charge < -0.3 is 15.1 Å². The van der Waals surface area contributed by atoms with Gasteiger partial charge in [-0.1, -0.05) is 6.07 Å². The first-order chi connectivity index (χ1) is 12.0. The first kappa shape index (κ1) is 17.4. The average Bonchev–Trinajstić information content (AvgIpc) is 2.63. The van der Waals surface area contributed by atoms with Gasteiger partial charge in [-0.2, -0.15) is 0 Å². The first-order valence-corrected chi connectivity index (χ1v) is 8.49. The van der Waals surface area contributed by atoms with E-state index >= 15 is 0 Å². The number of benzene rings is 1. The van der Waals surface area contributed by atoms with Crippen molar-refractivity contribution in [2.75, 3.05) is 38.1 Å². The molecule has 1 aromatic carbocycles. The van der Waals surface area contributed by atoms with Crippen LogP contribution in [0.4, 0.5) is 10.1 Å². The normalized spacial score (nSPS) is 16.5. The van der Waals surface area contributed by atoms with Gasteiger partial charge in [-0.3, -0.25) is 9.78 Å². The Morgan fingerprint density at radius 1 is 1.20 bits per heavy atom. The highest BCUT2D eigenvalue weighted by Crippen LogP contribution is 2.28. The lowest BCUT2D eigenvalue weighted by Gasteiger charge is -2.36. The Bertz CT molecular complexity index is 729. The van der Waals surface area contributed by atoms with Crippen LogP contribution in [0.25, 0.3) is 0 Å². The molecule has 1 unspecified atom stereocenters. The minimum atomic E-state index is -0.320. The SMILES string of the molecule is CC(NC(=O)c1ccccn1)c1cc(F)ccc1N1CCN(C)CC1. The molecule has 1 aliphatic rings. The molecule has 1 N–H and O–H groups in total. The number of hydrogen-bond donors (Lipinski definition) is 1. The molecular weight excluding hydrogens is 319 g/mol. The van der Waals surface area contributed by atoms with Crippen LogP contribution in [0.5, 0.6) is 0 Å². The van der Waals surface area contributed by atoms with Crippen molar-refractivity contribution in [1.29, 1.82) is 0 Å². The molecule has 0 saturated carbocycles. The Morgan fingerprint density at radius 3 is 2.64 bits per heavy atom. The predicted octanol–water partition coefficient (Wildman–Crippen LogP) is 2.46. The predicted molar refractivity (Wildman–Crippen MR) is 96.2 cm³/mol. The number of carbonyl (C=O) groups is 1. The van der Waals surface area contributed by atoms with Crippen molar-refractivity contribution < 1.29 is 9.18 Å². The van der Waals surface area contributed by atoms with Gasteiger partial charge in [-0.15, -0.1) is 0 Å². The number of hydrogen-bond acceptors (Lipinski definition) is 4. The molecule has 0 bridgehead atoms. The van der Waals surface area contributed by atoms with E-state index in [1.54, 1.807) is 30.5 Å². The number of amides is 1. The molecule has 1 atom stereocenters. The maximum atomic E-state index is 13.8. The summed E-state index contributed by atoms with van der Waals surface area (Å²) in [5.41, 5.74) is 2.11. The van der Waals surface area contributed by atoms with Crippen molar-refractivity contribution in [2.45, 2.75) is 13.0 Å². The topological polar surface area (TPSA) is 48.5 Å². The summed E-state index contributed by atoms with van der Waals surface area (Å²) in [7, 11) is 2.10. The monoisotopic (exact) mass is 342 g/mol. The van der Waals surface area contributed by atoms with E-state index in [1.807, 2.05) is 6.92 Å². The van der Waals surface area contributed by atoms with Crippen LogP contribution in [-0.2, 0) is 0 Å². The lowest BCUT2D eigenvalue weighted by Crippen LogP contribution is -2.45. The van der Waals surface area contributed by atoms with E-state index in [0.29, 0.717) is 5.69 Å². The van der Waals surface area contributed by atoms with Gasteiger partial charge >= 0.3 is 0 Å². The highest BCUT2D eigenvalue weighted by atomic mass is 19.1. The summed E-state index contributed by atoms with van der Waals surface area (Å²) in [4.78, 5) is 20.9. The molecular formula is C19H23FN4O. The van der Waals surface area contributed by atoms with Crippen molar-refractivity contribution in [3.05, 3.63) is 59.7 Å². The van der Waals surface area contributed by atoms with Gasteiger partial charge in [0.1, 0.15) is 11.5 Å². The van der Waals surface area contributed by atoms with E-state index in [1.165, 1.54) is 12.1 Å². The number of nitrogens with zero attached hydrogens (tertiary/aromatic N) is 3. The van der Waals surface area contributed by atoms with Crippen molar-refractivity contribution >= 4 is 11.6 Å². The molecule has 1 aromatic heterocycles. The quantitative estimate of drug-likeness (QED) is 0.927. The zero-order valence-electron chi connectivity index (χ0n) is 14.6. The Hall–Kier alpha value is -2.47. The zero-order chi connectivity index (χ0) is 17.8. The van der Waals surface area contributed by atoms with Crippen molar-refractivity contribution in [3.8, 4) is 0 Å². The molecule has 2 heterocycles. The summed E-state index contributed by atoms with van der Waals surface area (Å²) < 4.78 is 13.8. The van der Waals surface area contributed by atoms with Crippen LogP contribution >= 0.6 is 0 Å². The minimum Gasteiger partial charge on any atom is -0.369 e. The molecule has 1 amide bonds. The number of anilines is 1. The molecule has 132 valence electrons. The Morgan fingerprint density at radius 2 is 1.96 bits per heavy atom. The second-order valence-electron chi connectivity index (χ2n) is 6.40. The highest BCUT2D eigenvalue weighted by Gasteiger charge is 2.21. The van der Waals surface area contributed by atoms with Crippen LogP contribution in [-0.4, -0.2) is 49.0 Å². The Labute approximate surface area is 147 Å². The standard InChI is InChI=1S/C19H23FN4O/c1-14(22-19(25)17-5-3-4-8-21-17)16-13-15(20)6-7-18(16)24-11-9-23(2)10-12-24/h3-8,13-14H,9-12H2,1-2H3,(H,22,25). The van der Waals surface area contributed by atoms with E-state index in [9.17, 15) is 9.18 Å². The van der Waals surface area contributed by atoms with E-state index in [2.05, 4.69) is 27.1 Å². The van der Waals surface area contributed by atoms with Gasteiger partial charge in [0, 0.05) is 43.6 Å². The fourth-order valence-electron chi connectivity index (χ4n) is 3.05. The number of rotatable bonds is 4. The number of likely N-dealkylation sites (N-methyl/N-ethyl adjacent to an activating group) is 1. The average molecular weight is 342 g/mol. The van der Waals surface area contributed by atoms with Gasteiger partial charge in [-0.05, 0) is 44.3 Å². The van der Waals surface area contributed by atoms with Crippen LogP contribution in [0.1, 0.15) is 29.0 Å². The number of nitrogens with one attached hydrogen (secondary N) is 1. The van der Waals surface area contributed by atoms with Crippen LogP contribution in [0.2, 0.25) is 0 Å². The van der Waals surface area contributed by atoms with Crippen LogP contribution < -0.4 is 10.2 Å². The summed E-state index contributed by atoms with van der Waals surface area (Å²) in [5.74, 6) is -0.562. The van der Waals surface area contributed by atoms with Gasteiger partial charge in [-0.25, -0.2) is 4.39 Å². The van der Waals surface area contributed by atoms with Gasteiger partial charge in [0.05, 0.1) is 6.04 Å². The lowest BCUT2D eigenvalue weighted by atomic mass is 10.0. The van der Waals surface area contributed by atoms with Crippen LogP contribution in [0.3, 0.4) is 0 Å². The molecule has 0 spiro atoms. The third kappa shape index (κ3) is 4.14. The van der Waals surface area contributed by atoms with Gasteiger partial charge in [0.2, 0.25) is 0 Å². The van der Waals surface area contributed by atoms with Crippen molar-refractivity contribution in [1.82, 2.24) is 15.2 Å². The second kappa shape index (κ2) is 7.61. The number of aromatic nitrogens is 1. The van der Waals surface area contributed by atoms with Gasteiger partial charge in [0.25, 0.3) is 5.91 Å². The van der Waals surface area contributed by atoms with Gasteiger partial charge in [0.15, 0.2) is 0 Å².